The zero-order valence-electron chi connectivity index (χ0n) is 17.1. The topological polar surface area (TPSA) is 66.5 Å². The fourth-order valence-electron chi connectivity index (χ4n) is 3.52. The molecule has 1 aliphatic rings. The predicted molar refractivity (Wildman–Crippen MR) is 113 cm³/mol. The van der Waals surface area contributed by atoms with Gasteiger partial charge < -0.3 is 10.2 Å². The molecule has 5 heteroatoms. The molecule has 0 spiro atoms. The first-order valence-electron chi connectivity index (χ1n) is 10.2. The number of piperidine rings is 1. The van der Waals surface area contributed by atoms with Gasteiger partial charge in [-0.3, -0.25) is 14.4 Å². The summed E-state index contributed by atoms with van der Waals surface area (Å²) in [7, 11) is 0. The molecule has 152 valence electrons. The Kier molecular flexibility index (Phi) is 6.81. The Hall–Kier alpha value is -2.95. The van der Waals surface area contributed by atoms with Crippen LogP contribution in [0.5, 0.6) is 0 Å². The van der Waals surface area contributed by atoms with Gasteiger partial charge in [-0.2, -0.15) is 0 Å². The summed E-state index contributed by atoms with van der Waals surface area (Å²) in [5, 5.41) is 3.01. The molecule has 1 fully saturated rings. The molecular formula is C24H28N2O3. The highest BCUT2D eigenvalue weighted by Gasteiger charge is 2.24. The van der Waals surface area contributed by atoms with Crippen LogP contribution in [0.1, 0.15) is 57.5 Å². The Morgan fingerprint density at radius 1 is 0.828 bits per heavy atom. The number of Topliss-reactive ketones (excluding diaryl/α,β-unsaturated/α-hetero) is 1. The number of rotatable bonds is 6. The fraction of sp³-hybridized carbons (Fsp3) is 0.375. The van der Waals surface area contributed by atoms with E-state index in [2.05, 4.69) is 5.32 Å². The number of carbonyl (C=O) groups is 3. The highest BCUT2D eigenvalue weighted by Crippen LogP contribution is 2.15. The Bertz CT molecular complexity index is 864. The standard InChI is InChI=1S/C24H28N2O3/c1-17-3-7-19(8-4-17)22(27)11-12-23(28)25-21-13-15-26(16-14-21)24(29)20-9-5-18(2)6-10-20/h3-10,21H,11-16H2,1-2H3,(H,25,28). The second-order valence-corrected chi connectivity index (χ2v) is 7.79. The molecule has 0 saturated carbocycles. The summed E-state index contributed by atoms with van der Waals surface area (Å²) >= 11 is 0. The molecule has 2 aromatic carbocycles. The van der Waals surface area contributed by atoms with E-state index in [1.807, 2.05) is 55.1 Å². The van der Waals surface area contributed by atoms with Gasteiger partial charge in [0.2, 0.25) is 5.91 Å². The van der Waals surface area contributed by atoms with Crippen molar-refractivity contribution in [2.45, 2.75) is 45.6 Å². The number of hydrogen-bond acceptors (Lipinski definition) is 3. The Morgan fingerprint density at radius 2 is 1.34 bits per heavy atom. The number of carbonyl (C=O) groups excluding carboxylic acids is 3. The number of aryl methyl sites for hydroxylation is 2. The maximum Gasteiger partial charge on any atom is 0.253 e. The molecule has 1 saturated heterocycles. The number of hydrogen-bond donors (Lipinski definition) is 1. The van der Waals surface area contributed by atoms with Crippen LogP contribution in [0, 0.1) is 13.8 Å². The maximum atomic E-state index is 12.6. The summed E-state index contributed by atoms with van der Waals surface area (Å²) in [6, 6.07) is 15.1. The summed E-state index contributed by atoms with van der Waals surface area (Å²) in [6.07, 6.45) is 1.86. The van der Waals surface area contributed by atoms with Crippen LogP contribution < -0.4 is 5.32 Å². The highest BCUT2D eigenvalue weighted by molar-refractivity contribution is 5.98. The first-order chi connectivity index (χ1) is 13.9. The van der Waals surface area contributed by atoms with E-state index in [0.29, 0.717) is 24.2 Å². The molecule has 5 nitrogen and oxygen atoms in total. The van der Waals surface area contributed by atoms with Gasteiger partial charge in [0.05, 0.1) is 0 Å². The summed E-state index contributed by atoms with van der Waals surface area (Å²) in [5.74, 6) is -0.0779. The van der Waals surface area contributed by atoms with Crippen LogP contribution in [-0.4, -0.2) is 41.6 Å². The Labute approximate surface area is 172 Å². The van der Waals surface area contributed by atoms with Crippen molar-refractivity contribution in [3.8, 4) is 0 Å². The van der Waals surface area contributed by atoms with Gasteiger partial charge in [0, 0.05) is 43.1 Å². The third kappa shape index (κ3) is 5.76. The molecule has 29 heavy (non-hydrogen) atoms. The lowest BCUT2D eigenvalue weighted by atomic mass is 10.0. The largest absolute Gasteiger partial charge is 0.353 e. The van der Waals surface area contributed by atoms with Crippen LogP contribution in [-0.2, 0) is 4.79 Å². The van der Waals surface area contributed by atoms with Crippen molar-refractivity contribution in [2.24, 2.45) is 0 Å². The molecule has 0 unspecified atom stereocenters. The normalized spacial score (nSPS) is 14.5. The molecular weight excluding hydrogens is 364 g/mol. The van der Waals surface area contributed by atoms with Crippen molar-refractivity contribution >= 4 is 17.6 Å². The van der Waals surface area contributed by atoms with Gasteiger partial charge in [0.25, 0.3) is 5.91 Å². The van der Waals surface area contributed by atoms with Crippen molar-refractivity contribution in [3.05, 3.63) is 70.8 Å². The van der Waals surface area contributed by atoms with Crippen molar-refractivity contribution in [1.82, 2.24) is 10.2 Å². The van der Waals surface area contributed by atoms with E-state index in [0.717, 1.165) is 24.0 Å². The predicted octanol–water partition coefficient (Wildman–Crippen LogP) is 3.69. The molecule has 1 heterocycles. The summed E-state index contributed by atoms with van der Waals surface area (Å²) < 4.78 is 0. The SMILES string of the molecule is Cc1ccc(C(=O)CCC(=O)NC2CCN(C(=O)c3ccc(C)cc3)CC2)cc1. The van der Waals surface area contributed by atoms with Crippen molar-refractivity contribution in [1.29, 1.82) is 0 Å². The van der Waals surface area contributed by atoms with E-state index in [1.54, 1.807) is 12.1 Å². The van der Waals surface area contributed by atoms with Gasteiger partial charge in [-0.15, -0.1) is 0 Å². The van der Waals surface area contributed by atoms with E-state index in [-0.39, 0.29) is 36.5 Å². The molecule has 0 radical (unpaired) electrons. The lowest BCUT2D eigenvalue weighted by molar-refractivity contribution is -0.122. The van der Waals surface area contributed by atoms with Gasteiger partial charge in [-0.25, -0.2) is 0 Å². The van der Waals surface area contributed by atoms with Gasteiger partial charge >= 0.3 is 0 Å². The lowest BCUT2D eigenvalue weighted by Gasteiger charge is -2.32. The monoisotopic (exact) mass is 392 g/mol. The van der Waals surface area contributed by atoms with E-state index in [9.17, 15) is 14.4 Å². The number of likely N-dealkylation sites (tertiary alicyclic amines) is 1. The zero-order chi connectivity index (χ0) is 20.8. The van der Waals surface area contributed by atoms with Gasteiger partial charge in [-0.05, 0) is 38.8 Å². The highest BCUT2D eigenvalue weighted by atomic mass is 16.2. The number of ketones is 1. The molecule has 2 amide bonds. The molecule has 1 N–H and O–H groups in total. The summed E-state index contributed by atoms with van der Waals surface area (Å²) in [5.41, 5.74) is 3.58. The first kappa shape index (κ1) is 20.8. The molecule has 0 atom stereocenters. The van der Waals surface area contributed by atoms with Gasteiger partial charge in [0.15, 0.2) is 5.78 Å². The third-order valence-electron chi connectivity index (χ3n) is 5.40. The van der Waals surface area contributed by atoms with Crippen molar-refractivity contribution < 1.29 is 14.4 Å². The quantitative estimate of drug-likeness (QED) is 0.763. The number of nitrogens with one attached hydrogen (secondary N) is 1. The van der Waals surface area contributed by atoms with E-state index in [4.69, 9.17) is 0 Å². The first-order valence-corrected chi connectivity index (χ1v) is 10.2. The van der Waals surface area contributed by atoms with Crippen LogP contribution in [0.15, 0.2) is 48.5 Å². The zero-order valence-corrected chi connectivity index (χ0v) is 17.1. The summed E-state index contributed by atoms with van der Waals surface area (Å²) in [6.45, 7) is 5.22. The number of nitrogens with zero attached hydrogens (tertiary/aromatic N) is 1. The minimum atomic E-state index is -0.103. The lowest BCUT2D eigenvalue weighted by Crippen LogP contribution is -2.46. The minimum Gasteiger partial charge on any atom is -0.353 e. The van der Waals surface area contributed by atoms with Crippen LogP contribution >= 0.6 is 0 Å². The average Bonchev–Trinajstić information content (AvgIpc) is 2.73. The Morgan fingerprint density at radius 3 is 1.90 bits per heavy atom. The van der Waals surface area contributed by atoms with Crippen LogP contribution in [0.25, 0.3) is 0 Å². The molecule has 2 aromatic rings. The van der Waals surface area contributed by atoms with Crippen molar-refractivity contribution in [3.63, 3.8) is 0 Å². The van der Waals surface area contributed by atoms with Crippen LogP contribution in [0.2, 0.25) is 0 Å². The van der Waals surface area contributed by atoms with Crippen molar-refractivity contribution in [2.75, 3.05) is 13.1 Å². The number of benzene rings is 2. The molecule has 0 aliphatic carbocycles. The molecule has 0 aromatic heterocycles. The minimum absolute atomic E-state index is 0.0151. The maximum absolute atomic E-state index is 12.6. The van der Waals surface area contributed by atoms with E-state index >= 15 is 0 Å². The number of amides is 2. The molecule has 3 rings (SSSR count). The average molecular weight is 392 g/mol. The van der Waals surface area contributed by atoms with E-state index in [1.165, 1.54) is 0 Å². The summed E-state index contributed by atoms with van der Waals surface area (Å²) in [4.78, 5) is 38.8. The molecule has 0 bridgehead atoms. The smallest absolute Gasteiger partial charge is 0.253 e. The fourth-order valence-corrected chi connectivity index (χ4v) is 3.52. The van der Waals surface area contributed by atoms with Crippen LogP contribution in [0.3, 0.4) is 0 Å². The molecule has 1 aliphatic heterocycles. The third-order valence-corrected chi connectivity index (χ3v) is 5.40. The second kappa shape index (κ2) is 9.50. The van der Waals surface area contributed by atoms with E-state index < -0.39 is 0 Å². The van der Waals surface area contributed by atoms with Gasteiger partial charge in [0.1, 0.15) is 0 Å². The second-order valence-electron chi connectivity index (χ2n) is 7.79. The van der Waals surface area contributed by atoms with Crippen LogP contribution in [0.4, 0.5) is 0 Å². The van der Waals surface area contributed by atoms with Gasteiger partial charge in [-0.1, -0.05) is 47.5 Å². The Balaban J connectivity index is 1.41.